The van der Waals surface area contributed by atoms with E-state index in [1.165, 1.54) is 12.8 Å². The van der Waals surface area contributed by atoms with Gasteiger partial charge in [0.1, 0.15) is 13.2 Å². The maximum atomic E-state index is 12.9. The van der Waals surface area contributed by atoms with E-state index in [9.17, 15) is 9.59 Å². The van der Waals surface area contributed by atoms with Crippen molar-refractivity contribution in [1.29, 1.82) is 0 Å². The first-order chi connectivity index (χ1) is 14.0. The summed E-state index contributed by atoms with van der Waals surface area (Å²) in [5, 5.41) is 5.20. The number of carbonyl (C=O) groups is 2. The summed E-state index contributed by atoms with van der Waals surface area (Å²) in [4.78, 5) is 26.3. The molecule has 0 atom stereocenters. The number of ether oxygens (including phenoxy) is 1. The molecule has 1 N–H and O–H groups in total. The SMILES string of the molecule is Cc1csc(C)c1NC(=O)C[N+]1(CCOC(=O)c2ccccc2)CCCCCC1. The number of nitrogens with one attached hydrogen (secondary N) is 1. The van der Waals surface area contributed by atoms with Gasteiger partial charge in [-0.3, -0.25) is 4.79 Å². The molecule has 1 aliphatic rings. The van der Waals surface area contributed by atoms with E-state index in [1.807, 2.05) is 32.0 Å². The number of thiophene rings is 1. The highest BCUT2D eigenvalue weighted by Gasteiger charge is 2.32. The second-order valence-electron chi connectivity index (χ2n) is 7.98. The molecule has 0 radical (unpaired) electrons. The Labute approximate surface area is 177 Å². The summed E-state index contributed by atoms with van der Waals surface area (Å²) in [6.45, 7) is 7.41. The smallest absolute Gasteiger partial charge is 0.338 e. The maximum Gasteiger partial charge on any atom is 0.338 e. The van der Waals surface area contributed by atoms with E-state index in [-0.39, 0.29) is 11.9 Å². The average molecular weight is 416 g/mol. The first kappa shape index (κ1) is 21.5. The molecule has 1 fully saturated rings. The zero-order valence-corrected chi connectivity index (χ0v) is 18.2. The Kier molecular flexibility index (Phi) is 7.45. The third kappa shape index (κ3) is 5.90. The minimum Gasteiger partial charge on any atom is -0.456 e. The van der Waals surface area contributed by atoms with Gasteiger partial charge in [0, 0.05) is 4.88 Å². The number of esters is 1. The number of amides is 1. The number of hydrogen-bond donors (Lipinski definition) is 1. The number of aryl methyl sites for hydroxylation is 2. The van der Waals surface area contributed by atoms with Crippen LogP contribution in [-0.2, 0) is 9.53 Å². The van der Waals surface area contributed by atoms with Crippen molar-refractivity contribution in [1.82, 2.24) is 0 Å². The fourth-order valence-corrected chi connectivity index (χ4v) is 4.85. The molecule has 0 aliphatic carbocycles. The van der Waals surface area contributed by atoms with Crippen LogP contribution in [0.1, 0.15) is 46.5 Å². The van der Waals surface area contributed by atoms with Crippen LogP contribution in [0.4, 0.5) is 5.69 Å². The number of rotatable bonds is 7. The van der Waals surface area contributed by atoms with Gasteiger partial charge in [0.25, 0.3) is 5.91 Å². The van der Waals surface area contributed by atoms with E-state index in [0.29, 0.717) is 29.7 Å². The van der Waals surface area contributed by atoms with Gasteiger partial charge < -0.3 is 14.5 Å². The van der Waals surface area contributed by atoms with Gasteiger partial charge in [-0.1, -0.05) is 18.2 Å². The molecule has 1 aromatic heterocycles. The fraction of sp³-hybridized carbons (Fsp3) is 0.478. The number of benzene rings is 1. The Morgan fingerprint density at radius 2 is 1.76 bits per heavy atom. The van der Waals surface area contributed by atoms with Crippen LogP contribution in [0.2, 0.25) is 0 Å². The number of quaternary nitrogens is 1. The zero-order chi connectivity index (χ0) is 20.7. The van der Waals surface area contributed by atoms with Crippen LogP contribution in [0.3, 0.4) is 0 Å². The summed E-state index contributed by atoms with van der Waals surface area (Å²) in [6, 6.07) is 9.06. The summed E-state index contributed by atoms with van der Waals surface area (Å²) in [5.74, 6) is -0.251. The lowest BCUT2D eigenvalue weighted by atomic mass is 10.2. The first-order valence-corrected chi connectivity index (χ1v) is 11.3. The van der Waals surface area contributed by atoms with E-state index in [2.05, 4.69) is 10.7 Å². The molecule has 0 saturated carbocycles. The Balaban J connectivity index is 1.62. The first-order valence-electron chi connectivity index (χ1n) is 10.4. The zero-order valence-electron chi connectivity index (χ0n) is 17.4. The Morgan fingerprint density at radius 3 is 2.38 bits per heavy atom. The standard InChI is InChI=1S/C23H30N2O3S/c1-18-17-29-19(2)22(18)24-21(26)16-25(12-8-3-4-9-13-25)14-15-28-23(27)20-10-6-5-7-11-20/h5-7,10-11,17H,3-4,8-9,12-16H2,1-2H3/p+1. The van der Waals surface area contributed by atoms with E-state index in [1.54, 1.807) is 23.5 Å². The topological polar surface area (TPSA) is 55.4 Å². The van der Waals surface area contributed by atoms with E-state index in [4.69, 9.17) is 4.74 Å². The molecule has 2 heterocycles. The molecule has 1 saturated heterocycles. The second-order valence-corrected chi connectivity index (χ2v) is 9.07. The number of likely N-dealkylation sites (tertiary alicyclic amines) is 1. The molecule has 3 rings (SSSR count). The third-order valence-corrected chi connectivity index (χ3v) is 6.75. The summed E-state index contributed by atoms with van der Waals surface area (Å²) in [7, 11) is 0. The average Bonchev–Trinajstić information content (AvgIpc) is 2.90. The molecular formula is C23H31N2O3S+. The van der Waals surface area contributed by atoms with E-state index >= 15 is 0 Å². The highest BCUT2D eigenvalue weighted by atomic mass is 32.1. The summed E-state index contributed by atoms with van der Waals surface area (Å²) in [5.41, 5.74) is 2.62. The Hall–Kier alpha value is -2.18. The van der Waals surface area contributed by atoms with Gasteiger partial charge in [-0.15, -0.1) is 11.3 Å². The number of carbonyl (C=O) groups excluding carboxylic acids is 2. The minimum atomic E-state index is -0.299. The van der Waals surface area contributed by atoms with Crippen LogP contribution >= 0.6 is 11.3 Å². The molecule has 6 heteroatoms. The second kappa shape index (κ2) is 10.0. The quantitative estimate of drug-likeness (QED) is 0.533. The van der Waals surface area contributed by atoms with Crippen molar-refractivity contribution in [2.24, 2.45) is 0 Å². The Morgan fingerprint density at radius 1 is 1.07 bits per heavy atom. The van der Waals surface area contributed by atoms with Gasteiger partial charge in [0.05, 0.1) is 24.3 Å². The van der Waals surface area contributed by atoms with Gasteiger partial charge in [0.15, 0.2) is 6.54 Å². The van der Waals surface area contributed by atoms with E-state index in [0.717, 1.165) is 42.1 Å². The lowest BCUT2D eigenvalue weighted by Gasteiger charge is -2.37. The van der Waals surface area contributed by atoms with Crippen LogP contribution in [0.15, 0.2) is 35.7 Å². The van der Waals surface area contributed by atoms with Crippen molar-refractivity contribution in [3.63, 3.8) is 0 Å². The van der Waals surface area contributed by atoms with Gasteiger partial charge in [0.2, 0.25) is 0 Å². The van der Waals surface area contributed by atoms with Crippen molar-refractivity contribution >= 4 is 28.9 Å². The molecule has 1 aromatic carbocycles. The third-order valence-electron chi connectivity index (χ3n) is 5.73. The monoisotopic (exact) mass is 415 g/mol. The van der Waals surface area contributed by atoms with Crippen LogP contribution in [0.5, 0.6) is 0 Å². The molecule has 1 aliphatic heterocycles. The molecule has 2 aromatic rings. The highest BCUT2D eigenvalue weighted by Crippen LogP contribution is 2.27. The predicted molar refractivity (Wildman–Crippen MR) is 117 cm³/mol. The molecule has 5 nitrogen and oxygen atoms in total. The van der Waals surface area contributed by atoms with Gasteiger partial charge >= 0.3 is 5.97 Å². The maximum absolute atomic E-state index is 12.9. The molecule has 29 heavy (non-hydrogen) atoms. The number of anilines is 1. The van der Waals surface area contributed by atoms with Crippen molar-refractivity contribution in [3.05, 3.63) is 51.7 Å². The van der Waals surface area contributed by atoms with Crippen molar-refractivity contribution in [3.8, 4) is 0 Å². The normalized spacial score (nSPS) is 16.1. The fourth-order valence-electron chi connectivity index (χ4n) is 4.05. The molecule has 0 spiro atoms. The minimum absolute atomic E-state index is 0.0471. The molecule has 1 amide bonds. The largest absolute Gasteiger partial charge is 0.456 e. The van der Waals surface area contributed by atoms with Crippen LogP contribution in [0, 0.1) is 13.8 Å². The van der Waals surface area contributed by atoms with Crippen molar-refractivity contribution < 1.29 is 18.8 Å². The van der Waals surface area contributed by atoms with Gasteiger partial charge in [-0.2, -0.15) is 0 Å². The number of nitrogens with zero attached hydrogens (tertiary/aromatic N) is 1. The van der Waals surface area contributed by atoms with Crippen LogP contribution < -0.4 is 5.32 Å². The molecular weight excluding hydrogens is 384 g/mol. The lowest BCUT2D eigenvalue weighted by molar-refractivity contribution is -0.920. The Bertz CT molecular complexity index is 804. The summed E-state index contributed by atoms with van der Waals surface area (Å²) < 4.78 is 6.23. The molecule has 156 valence electrons. The molecule has 0 unspecified atom stereocenters. The number of hydrogen-bond acceptors (Lipinski definition) is 4. The van der Waals surface area contributed by atoms with Crippen molar-refractivity contribution in [2.45, 2.75) is 39.5 Å². The lowest BCUT2D eigenvalue weighted by Crippen LogP contribution is -2.54. The van der Waals surface area contributed by atoms with Crippen LogP contribution in [0.25, 0.3) is 0 Å². The van der Waals surface area contributed by atoms with Gasteiger partial charge in [-0.25, -0.2) is 4.79 Å². The summed E-state index contributed by atoms with van der Waals surface area (Å²) in [6.07, 6.45) is 4.62. The summed E-state index contributed by atoms with van der Waals surface area (Å²) >= 11 is 1.66. The van der Waals surface area contributed by atoms with E-state index < -0.39 is 0 Å². The predicted octanol–water partition coefficient (Wildman–Crippen LogP) is 4.55. The van der Waals surface area contributed by atoms with Gasteiger partial charge in [-0.05, 0) is 62.6 Å². The highest BCUT2D eigenvalue weighted by molar-refractivity contribution is 7.10. The molecule has 0 bridgehead atoms. The van der Waals surface area contributed by atoms with Crippen LogP contribution in [-0.4, -0.2) is 49.1 Å². The van der Waals surface area contributed by atoms with Crippen molar-refractivity contribution in [2.75, 3.05) is 38.1 Å².